The highest BCUT2D eigenvalue weighted by Gasteiger charge is 2.43. The standard InChI is InChI=1S/C27H31N3O2/c1-4-32-21-11-9-20(10-12-21)26-24-17-30(16-19-7-5-18(2)6-8-19)25-14-13-22(31-3)15-23(25)27(24)29-28-26/h5-15,24,26-29H,4,16-17H2,1-3H3. The molecule has 2 N–H and O–H groups in total. The fraction of sp³-hybridized carbons (Fsp3) is 0.333. The Morgan fingerprint density at radius 1 is 0.906 bits per heavy atom. The number of nitrogens with one attached hydrogen (secondary N) is 2. The predicted molar refractivity (Wildman–Crippen MR) is 128 cm³/mol. The molecule has 5 heteroatoms. The molecular formula is C27H31N3O2. The van der Waals surface area contributed by atoms with Crippen molar-refractivity contribution < 1.29 is 9.47 Å². The van der Waals surface area contributed by atoms with Gasteiger partial charge < -0.3 is 14.4 Å². The highest BCUT2D eigenvalue weighted by atomic mass is 16.5. The minimum absolute atomic E-state index is 0.218. The number of hydrazine groups is 1. The van der Waals surface area contributed by atoms with Gasteiger partial charge in [0, 0.05) is 24.7 Å². The van der Waals surface area contributed by atoms with Crippen LogP contribution in [0.25, 0.3) is 0 Å². The van der Waals surface area contributed by atoms with Crippen LogP contribution in [0, 0.1) is 12.8 Å². The number of aryl methyl sites for hydroxylation is 1. The van der Waals surface area contributed by atoms with Crippen LogP contribution in [-0.4, -0.2) is 20.3 Å². The summed E-state index contributed by atoms with van der Waals surface area (Å²) in [4.78, 5) is 2.51. The Labute approximate surface area is 190 Å². The Bertz CT molecular complexity index is 1070. The van der Waals surface area contributed by atoms with E-state index >= 15 is 0 Å². The van der Waals surface area contributed by atoms with E-state index < -0.39 is 0 Å². The molecule has 2 aliphatic rings. The highest BCUT2D eigenvalue weighted by Crippen LogP contribution is 2.46. The second kappa shape index (κ2) is 8.85. The summed E-state index contributed by atoms with van der Waals surface area (Å²) in [5.74, 6) is 2.20. The maximum atomic E-state index is 5.64. The van der Waals surface area contributed by atoms with Gasteiger partial charge in [-0.25, -0.2) is 10.9 Å². The average Bonchev–Trinajstić information content (AvgIpc) is 3.25. The molecule has 3 aromatic carbocycles. The van der Waals surface area contributed by atoms with Gasteiger partial charge in [0.15, 0.2) is 0 Å². The summed E-state index contributed by atoms with van der Waals surface area (Å²) < 4.78 is 11.2. The number of nitrogens with zero attached hydrogens (tertiary/aromatic N) is 1. The van der Waals surface area contributed by atoms with E-state index in [9.17, 15) is 0 Å². The van der Waals surface area contributed by atoms with Crippen molar-refractivity contribution in [1.29, 1.82) is 0 Å². The Kier molecular flexibility index (Phi) is 5.77. The Morgan fingerprint density at radius 2 is 1.62 bits per heavy atom. The Balaban J connectivity index is 1.47. The lowest BCUT2D eigenvalue weighted by atomic mass is 9.82. The number of hydrogen-bond donors (Lipinski definition) is 2. The zero-order valence-electron chi connectivity index (χ0n) is 19.0. The molecule has 0 amide bonds. The van der Waals surface area contributed by atoms with E-state index in [-0.39, 0.29) is 12.1 Å². The maximum Gasteiger partial charge on any atom is 0.119 e. The number of rotatable bonds is 6. The van der Waals surface area contributed by atoms with Gasteiger partial charge in [-0.2, -0.15) is 0 Å². The molecule has 3 atom stereocenters. The summed E-state index contributed by atoms with van der Waals surface area (Å²) in [6.45, 7) is 6.68. The van der Waals surface area contributed by atoms with Crippen molar-refractivity contribution in [1.82, 2.24) is 10.9 Å². The lowest BCUT2D eigenvalue weighted by molar-refractivity contribution is 0.339. The molecule has 0 radical (unpaired) electrons. The smallest absolute Gasteiger partial charge is 0.119 e. The van der Waals surface area contributed by atoms with Gasteiger partial charge in [-0.05, 0) is 60.9 Å². The molecular weight excluding hydrogens is 398 g/mol. The third kappa shape index (κ3) is 3.94. The first-order valence-corrected chi connectivity index (χ1v) is 11.4. The zero-order valence-corrected chi connectivity index (χ0v) is 19.0. The number of anilines is 1. The first kappa shape index (κ1) is 20.9. The van der Waals surface area contributed by atoms with Crippen molar-refractivity contribution in [3.05, 3.63) is 89.0 Å². The molecule has 0 aromatic heterocycles. The van der Waals surface area contributed by atoms with Gasteiger partial charge in [-0.15, -0.1) is 0 Å². The van der Waals surface area contributed by atoms with Crippen LogP contribution in [-0.2, 0) is 6.54 Å². The summed E-state index contributed by atoms with van der Waals surface area (Å²) in [6, 6.07) is 24.2. The van der Waals surface area contributed by atoms with E-state index in [2.05, 4.69) is 89.4 Å². The third-order valence-corrected chi connectivity index (χ3v) is 6.64. The SMILES string of the molecule is CCOc1ccc(C2NNC3c4cc(OC)ccc4N(Cc4ccc(C)cc4)CC23)cc1. The van der Waals surface area contributed by atoms with Crippen LogP contribution >= 0.6 is 0 Å². The fourth-order valence-corrected chi connectivity index (χ4v) is 4.99. The van der Waals surface area contributed by atoms with Crippen molar-refractivity contribution in [3.8, 4) is 11.5 Å². The first-order chi connectivity index (χ1) is 15.7. The van der Waals surface area contributed by atoms with Gasteiger partial charge in [0.2, 0.25) is 0 Å². The molecule has 0 aliphatic carbocycles. The number of hydrogen-bond acceptors (Lipinski definition) is 5. The van der Waals surface area contributed by atoms with Crippen molar-refractivity contribution in [2.75, 3.05) is 25.2 Å². The van der Waals surface area contributed by atoms with Crippen LogP contribution in [0.3, 0.4) is 0 Å². The van der Waals surface area contributed by atoms with Crippen LogP contribution in [0.4, 0.5) is 5.69 Å². The summed E-state index contributed by atoms with van der Waals surface area (Å²) in [6.07, 6.45) is 0. The molecule has 3 unspecified atom stereocenters. The lowest BCUT2D eigenvalue weighted by Gasteiger charge is -2.39. The Hall–Kier alpha value is -3.02. The number of fused-ring (bicyclic) bond motifs is 3. The van der Waals surface area contributed by atoms with Gasteiger partial charge >= 0.3 is 0 Å². The summed E-state index contributed by atoms with van der Waals surface area (Å²) >= 11 is 0. The van der Waals surface area contributed by atoms with Crippen LogP contribution < -0.4 is 25.2 Å². The van der Waals surface area contributed by atoms with Crippen LogP contribution in [0.5, 0.6) is 11.5 Å². The largest absolute Gasteiger partial charge is 0.497 e. The lowest BCUT2D eigenvalue weighted by Crippen LogP contribution is -2.39. The normalized spacial score (nSPS) is 21.7. The van der Waals surface area contributed by atoms with E-state index in [1.54, 1.807) is 7.11 Å². The van der Waals surface area contributed by atoms with E-state index in [0.29, 0.717) is 12.5 Å². The molecule has 166 valence electrons. The molecule has 0 saturated carbocycles. The van der Waals surface area contributed by atoms with Crippen molar-refractivity contribution >= 4 is 5.69 Å². The van der Waals surface area contributed by atoms with Gasteiger partial charge in [0.1, 0.15) is 11.5 Å². The van der Waals surface area contributed by atoms with E-state index in [4.69, 9.17) is 9.47 Å². The molecule has 2 aliphatic heterocycles. The van der Waals surface area contributed by atoms with E-state index in [1.165, 1.54) is 27.9 Å². The zero-order chi connectivity index (χ0) is 22.1. The second-order valence-electron chi connectivity index (χ2n) is 8.70. The minimum atomic E-state index is 0.218. The van der Waals surface area contributed by atoms with Crippen molar-refractivity contribution in [2.24, 2.45) is 5.92 Å². The van der Waals surface area contributed by atoms with Crippen LogP contribution in [0.1, 0.15) is 41.3 Å². The van der Waals surface area contributed by atoms with Gasteiger partial charge in [-0.3, -0.25) is 0 Å². The topological polar surface area (TPSA) is 45.8 Å². The van der Waals surface area contributed by atoms with Crippen molar-refractivity contribution in [3.63, 3.8) is 0 Å². The molecule has 3 aromatic rings. The van der Waals surface area contributed by atoms with Crippen LogP contribution in [0.2, 0.25) is 0 Å². The third-order valence-electron chi connectivity index (χ3n) is 6.64. The first-order valence-electron chi connectivity index (χ1n) is 11.4. The maximum absolute atomic E-state index is 5.64. The minimum Gasteiger partial charge on any atom is -0.497 e. The van der Waals surface area contributed by atoms with E-state index in [1.807, 2.05) is 6.92 Å². The number of benzene rings is 3. The number of ether oxygens (including phenoxy) is 2. The summed E-state index contributed by atoms with van der Waals surface area (Å²) in [5, 5.41) is 0. The Morgan fingerprint density at radius 3 is 2.34 bits per heavy atom. The van der Waals surface area contributed by atoms with Gasteiger partial charge in [0.05, 0.1) is 25.8 Å². The molecule has 0 spiro atoms. The quantitative estimate of drug-likeness (QED) is 0.582. The van der Waals surface area contributed by atoms with E-state index in [0.717, 1.165) is 24.6 Å². The summed E-state index contributed by atoms with van der Waals surface area (Å²) in [5.41, 5.74) is 13.6. The molecule has 2 heterocycles. The molecule has 5 nitrogen and oxygen atoms in total. The number of methoxy groups -OCH3 is 1. The second-order valence-corrected chi connectivity index (χ2v) is 8.70. The summed E-state index contributed by atoms with van der Waals surface area (Å²) in [7, 11) is 1.73. The van der Waals surface area contributed by atoms with Gasteiger partial charge in [-0.1, -0.05) is 42.0 Å². The fourth-order valence-electron chi connectivity index (χ4n) is 4.99. The molecule has 32 heavy (non-hydrogen) atoms. The van der Waals surface area contributed by atoms with Crippen LogP contribution in [0.15, 0.2) is 66.7 Å². The monoisotopic (exact) mass is 429 g/mol. The molecule has 0 bridgehead atoms. The highest BCUT2D eigenvalue weighted by molar-refractivity contribution is 5.61. The molecule has 1 fully saturated rings. The molecule has 5 rings (SSSR count). The average molecular weight is 430 g/mol. The van der Waals surface area contributed by atoms with Gasteiger partial charge in [0.25, 0.3) is 0 Å². The van der Waals surface area contributed by atoms with Crippen molar-refractivity contribution in [2.45, 2.75) is 32.5 Å². The predicted octanol–water partition coefficient (Wildman–Crippen LogP) is 4.93. The molecule has 1 saturated heterocycles.